The van der Waals surface area contributed by atoms with E-state index in [4.69, 9.17) is 8.83 Å². The highest BCUT2D eigenvalue weighted by molar-refractivity contribution is 5.85. The summed E-state index contributed by atoms with van der Waals surface area (Å²) in [5.74, 6) is 0.824. The maximum absolute atomic E-state index is 12.7. The molecule has 0 fully saturated rings. The van der Waals surface area contributed by atoms with Crippen molar-refractivity contribution in [3.8, 4) is 22.5 Å². The van der Waals surface area contributed by atoms with E-state index >= 15 is 0 Å². The van der Waals surface area contributed by atoms with Gasteiger partial charge in [-0.2, -0.15) is 0 Å². The molecule has 2 aromatic carbocycles. The van der Waals surface area contributed by atoms with Crippen LogP contribution in [0.2, 0.25) is 0 Å². The second-order valence-corrected chi connectivity index (χ2v) is 7.21. The Kier molecular flexibility index (Phi) is 3.97. The van der Waals surface area contributed by atoms with Crippen LogP contribution in [0, 0.1) is 0 Å². The largest absolute Gasteiger partial charge is 0.453 e. The van der Waals surface area contributed by atoms with Gasteiger partial charge in [-0.05, 0) is 66.6 Å². The number of furan rings is 1. The Bertz CT molecular complexity index is 1260. The maximum atomic E-state index is 12.7. The molecule has 5 rings (SSSR count). The van der Waals surface area contributed by atoms with Gasteiger partial charge in [0.2, 0.25) is 0 Å². The van der Waals surface area contributed by atoms with Crippen molar-refractivity contribution in [3.05, 3.63) is 81.9 Å². The van der Waals surface area contributed by atoms with Crippen molar-refractivity contribution in [1.82, 2.24) is 0 Å². The molecule has 4 aromatic rings. The molecule has 0 amide bonds. The van der Waals surface area contributed by atoms with Gasteiger partial charge >= 0.3 is 5.63 Å². The zero-order valence-electron chi connectivity index (χ0n) is 15.2. The van der Waals surface area contributed by atoms with E-state index < -0.39 is 0 Å². The molecular weight excluding hydrogens is 352 g/mol. The van der Waals surface area contributed by atoms with Gasteiger partial charge in [0.05, 0.1) is 5.56 Å². The zero-order valence-corrected chi connectivity index (χ0v) is 15.2. The minimum Gasteiger partial charge on any atom is -0.453 e. The van der Waals surface area contributed by atoms with Gasteiger partial charge < -0.3 is 8.83 Å². The van der Waals surface area contributed by atoms with E-state index in [9.17, 15) is 9.59 Å². The van der Waals surface area contributed by atoms with E-state index in [0.29, 0.717) is 23.2 Å². The number of aldehydes is 1. The molecular formula is C24H18O4. The fourth-order valence-electron chi connectivity index (χ4n) is 3.94. The summed E-state index contributed by atoms with van der Waals surface area (Å²) in [6.45, 7) is 0. The Hall–Kier alpha value is -3.40. The molecule has 4 nitrogen and oxygen atoms in total. The van der Waals surface area contributed by atoms with E-state index in [1.165, 1.54) is 24.0 Å². The number of carbonyl (C=O) groups excluding carboxylic acids is 1. The van der Waals surface area contributed by atoms with Crippen LogP contribution in [0.15, 0.2) is 68.2 Å². The molecule has 0 saturated heterocycles. The lowest BCUT2D eigenvalue weighted by molar-refractivity contribution is 0.110. The lowest BCUT2D eigenvalue weighted by atomic mass is 9.89. The van der Waals surface area contributed by atoms with Crippen molar-refractivity contribution >= 4 is 17.3 Å². The van der Waals surface area contributed by atoms with E-state index in [0.717, 1.165) is 29.4 Å². The highest BCUT2D eigenvalue weighted by Gasteiger charge is 2.14. The third kappa shape index (κ3) is 2.87. The summed E-state index contributed by atoms with van der Waals surface area (Å²) in [5.41, 5.74) is 5.10. The Labute approximate surface area is 161 Å². The van der Waals surface area contributed by atoms with E-state index in [-0.39, 0.29) is 11.4 Å². The van der Waals surface area contributed by atoms with Crippen LogP contribution in [-0.2, 0) is 12.8 Å². The van der Waals surface area contributed by atoms with Crippen LogP contribution in [0.25, 0.3) is 33.4 Å². The summed E-state index contributed by atoms with van der Waals surface area (Å²) in [5, 5.41) is 0.846. The van der Waals surface area contributed by atoms with Crippen LogP contribution in [0.1, 0.15) is 34.5 Å². The second kappa shape index (κ2) is 6.64. The van der Waals surface area contributed by atoms with Crippen molar-refractivity contribution in [2.24, 2.45) is 0 Å². The van der Waals surface area contributed by atoms with Gasteiger partial charge in [0.15, 0.2) is 12.0 Å². The predicted molar refractivity (Wildman–Crippen MR) is 108 cm³/mol. The third-order valence-corrected chi connectivity index (χ3v) is 5.42. The first kappa shape index (κ1) is 16.8. The van der Waals surface area contributed by atoms with Crippen molar-refractivity contribution < 1.29 is 13.6 Å². The van der Waals surface area contributed by atoms with Crippen LogP contribution >= 0.6 is 0 Å². The number of carbonyl (C=O) groups is 1. The van der Waals surface area contributed by atoms with Gasteiger partial charge in [-0.3, -0.25) is 4.79 Å². The van der Waals surface area contributed by atoms with Crippen molar-refractivity contribution in [2.75, 3.05) is 0 Å². The molecule has 2 aromatic heterocycles. The molecule has 4 heteroatoms. The number of hydrogen-bond acceptors (Lipinski definition) is 4. The van der Waals surface area contributed by atoms with E-state index in [1.807, 2.05) is 24.3 Å². The second-order valence-electron chi connectivity index (χ2n) is 7.21. The minimum atomic E-state index is -0.353. The first-order valence-electron chi connectivity index (χ1n) is 9.47. The number of benzene rings is 2. The quantitative estimate of drug-likeness (QED) is 0.357. The summed E-state index contributed by atoms with van der Waals surface area (Å²) in [6, 6.07) is 17.1. The number of fused-ring (bicyclic) bond motifs is 2. The summed E-state index contributed by atoms with van der Waals surface area (Å²) < 4.78 is 11.1. The molecule has 0 radical (unpaired) electrons. The summed E-state index contributed by atoms with van der Waals surface area (Å²) in [6.07, 6.45) is 5.27. The molecule has 0 bridgehead atoms. The lowest BCUT2D eigenvalue weighted by Gasteiger charge is -2.16. The van der Waals surface area contributed by atoms with Crippen molar-refractivity contribution in [2.45, 2.75) is 25.7 Å². The third-order valence-electron chi connectivity index (χ3n) is 5.42. The molecule has 0 aliphatic heterocycles. The number of hydrogen-bond donors (Lipinski definition) is 0. The number of rotatable bonds is 3. The van der Waals surface area contributed by atoms with Gasteiger partial charge in [-0.15, -0.1) is 0 Å². The van der Waals surface area contributed by atoms with Gasteiger partial charge in [0.25, 0.3) is 0 Å². The summed E-state index contributed by atoms with van der Waals surface area (Å²) in [7, 11) is 0. The Balaban J connectivity index is 1.58. The van der Waals surface area contributed by atoms with Crippen molar-refractivity contribution in [3.63, 3.8) is 0 Å². The van der Waals surface area contributed by atoms with Gasteiger partial charge in [0, 0.05) is 10.9 Å². The Morgan fingerprint density at radius 3 is 2.43 bits per heavy atom. The fourth-order valence-corrected chi connectivity index (χ4v) is 3.94. The molecule has 1 aliphatic rings. The first-order chi connectivity index (χ1) is 13.7. The topological polar surface area (TPSA) is 60.4 Å². The SMILES string of the molecule is O=Cc1ccc(-c2ccc3cc(-c4ccc5c(c4)CCCC5)c(=O)oc3c2)o1. The molecule has 0 unspecified atom stereocenters. The first-order valence-corrected chi connectivity index (χ1v) is 9.47. The summed E-state index contributed by atoms with van der Waals surface area (Å²) >= 11 is 0. The smallest absolute Gasteiger partial charge is 0.344 e. The highest BCUT2D eigenvalue weighted by atomic mass is 16.4. The monoisotopic (exact) mass is 370 g/mol. The molecule has 0 atom stereocenters. The van der Waals surface area contributed by atoms with E-state index in [1.54, 1.807) is 18.2 Å². The molecule has 0 spiro atoms. The van der Waals surface area contributed by atoms with E-state index in [2.05, 4.69) is 12.1 Å². The Morgan fingerprint density at radius 1 is 0.786 bits per heavy atom. The van der Waals surface area contributed by atoms with Crippen LogP contribution in [-0.4, -0.2) is 6.29 Å². The average Bonchev–Trinajstić information content (AvgIpc) is 3.22. The maximum Gasteiger partial charge on any atom is 0.344 e. The van der Waals surface area contributed by atoms with Gasteiger partial charge in [0.1, 0.15) is 11.3 Å². The van der Waals surface area contributed by atoms with Gasteiger partial charge in [-0.1, -0.05) is 30.3 Å². The fraction of sp³-hybridized carbons (Fsp3) is 0.167. The standard InChI is InChI=1S/C24H18O4/c25-14-20-9-10-22(27-20)19-8-7-18-12-21(24(26)28-23(18)13-19)17-6-5-15-3-1-2-4-16(15)11-17/h5-14H,1-4H2. The molecule has 0 N–H and O–H groups in total. The van der Waals surface area contributed by atoms with Gasteiger partial charge in [-0.25, -0.2) is 4.79 Å². The minimum absolute atomic E-state index is 0.263. The predicted octanol–water partition coefficient (Wildman–Crippen LogP) is 5.41. The van der Waals surface area contributed by atoms with Crippen LogP contribution in [0.3, 0.4) is 0 Å². The van der Waals surface area contributed by atoms with Crippen LogP contribution < -0.4 is 5.63 Å². The van der Waals surface area contributed by atoms with Crippen molar-refractivity contribution in [1.29, 1.82) is 0 Å². The molecule has 28 heavy (non-hydrogen) atoms. The number of aryl methyl sites for hydroxylation is 2. The Morgan fingerprint density at radius 2 is 1.61 bits per heavy atom. The average molecular weight is 370 g/mol. The van der Waals surface area contributed by atoms with Crippen LogP contribution in [0.4, 0.5) is 0 Å². The zero-order chi connectivity index (χ0) is 19.1. The summed E-state index contributed by atoms with van der Waals surface area (Å²) in [4.78, 5) is 23.5. The molecule has 0 saturated carbocycles. The molecule has 2 heterocycles. The molecule has 1 aliphatic carbocycles. The van der Waals surface area contributed by atoms with Crippen LogP contribution in [0.5, 0.6) is 0 Å². The normalized spacial score (nSPS) is 13.4. The highest BCUT2D eigenvalue weighted by Crippen LogP contribution is 2.29. The molecule has 138 valence electrons. The lowest BCUT2D eigenvalue weighted by Crippen LogP contribution is -2.06.